The molecule has 0 N–H and O–H groups in total. The van der Waals surface area contributed by atoms with Gasteiger partial charge in [-0.05, 0) is 210 Å². The SMILES string of the molecule is [2H]c1c(C([2H])([2H])[2H])c(C([2H])([2H])C(C)C)cc(-c2ccc(C([2H])([2H])[2H])cc2C)[n+]1C.[2H]c1c(C([2H])([2H])[2H])c(C([2H])([2H])C(C)C)cc(-c2ccccc2C)[n+]1C.[2H]c1cc(C(C)C)cc(-c2ccccc2C)[n+]1C.[2H]c1cc(C([2H])([2H])C(C)C)cc(-c2ccc(C([2H])([2H])[2H])cc2C)[n+]1C.[2H]c1cc(C([2H])([2H])C(C)C)cc(-c2ccc(C)cc2C)[n+]1C. The van der Waals surface area contributed by atoms with Crippen LogP contribution >= 0.6 is 0 Å². The molecule has 0 amide bonds. The summed E-state index contributed by atoms with van der Waals surface area (Å²) in [7, 11) is 8.76. The van der Waals surface area contributed by atoms with Crippen LogP contribution < -0.4 is 22.8 Å². The number of aryl methyl sites for hydroxylation is 8. The van der Waals surface area contributed by atoms with Gasteiger partial charge in [-0.25, -0.2) is 22.8 Å². The lowest BCUT2D eigenvalue weighted by molar-refractivity contribution is -0.660. The Kier molecular flexibility index (Phi) is 17.1. The largest absolute Gasteiger partial charge is 0.212 e. The number of hydrogen-bond acceptors (Lipinski definition) is 0. The lowest BCUT2D eigenvalue weighted by atomic mass is 9.96. The van der Waals surface area contributed by atoms with Gasteiger partial charge in [0.1, 0.15) is 42.1 Å². The van der Waals surface area contributed by atoms with Crippen LogP contribution in [0.5, 0.6) is 0 Å². The van der Waals surface area contributed by atoms with E-state index in [0.717, 1.165) is 44.8 Å². The van der Waals surface area contributed by atoms with Gasteiger partial charge in [-0.15, -0.1) is 0 Å². The van der Waals surface area contributed by atoms with Crippen molar-refractivity contribution in [3.05, 3.63) is 266 Å². The van der Waals surface area contributed by atoms with Crippen molar-refractivity contribution in [2.24, 2.45) is 58.9 Å². The molecule has 94 heavy (non-hydrogen) atoms. The van der Waals surface area contributed by atoms with Crippen molar-refractivity contribution in [2.75, 3.05) is 0 Å². The fourth-order valence-corrected chi connectivity index (χ4v) is 10.8. The third kappa shape index (κ3) is 21.4. The first kappa shape index (κ1) is 46.1. The minimum atomic E-state index is -2.65. The van der Waals surface area contributed by atoms with Gasteiger partial charge in [-0.2, -0.15) is 0 Å². The van der Waals surface area contributed by atoms with E-state index < -0.39 is 64.7 Å². The Balaban J connectivity index is 0.000000232. The third-order valence-electron chi connectivity index (χ3n) is 15.6. The lowest BCUT2D eigenvalue weighted by Crippen LogP contribution is -2.32. The highest BCUT2D eigenvalue weighted by Gasteiger charge is 2.20. The zero-order chi connectivity index (χ0) is 90.8. The van der Waals surface area contributed by atoms with Gasteiger partial charge in [-0.3, -0.25) is 0 Å². The van der Waals surface area contributed by atoms with Crippen LogP contribution in [0.2, 0.25) is 0 Å². The van der Waals surface area contributed by atoms with Crippen molar-refractivity contribution in [1.82, 2.24) is 0 Å². The summed E-state index contributed by atoms with van der Waals surface area (Å²) in [5, 5.41) is 0. The molecule has 5 heterocycles. The van der Waals surface area contributed by atoms with Crippen molar-refractivity contribution in [2.45, 2.75) is 170 Å². The van der Waals surface area contributed by atoms with E-state index >= 15 is 0 Å². The molecule has 0 saturated heterocycles. The Hall–Kier alpha value is -8.15. The molecule has 5 heteroatoms. The average molecular weight is 1280 g/mol. The maximum atomic E-state index is 8.49. The highest BCUT2D eigenvalue weighted by molar-refractivity contribution is 5.66. The topological polar surface area (TPSA) is 19.4 Å². The predicted molar refractivity (Wildman–Crippen MR) is 401 cm³/mol. The minimum Gasteiger partial charge on any atom is -0.201 e. The number of nitrogens with zero attached hydrogens (tertiary/aromatic N) is 5. The first-order chi connectivity index (χ1) is 54.4. The van der Waals surface area contributed by atoms with Crippen LogP contribution in [-0.2, 0) is 60.7 Å². The van der Waals surface area contributed by atoms with Gasteiger partial charge in [-0.1, -0.05) is 159 Å². The molecule has 0 radical (unpaired) electrons. The predicted octanol–water partition coefficient (Wildman–Crippen LogP) is 19.9. The molecule has 5 nitrogen and oxygen atoms in total. The molecular weight excluding hydrogens is 1140 g/mol. The Morgan fingerprint density at radius 1 is 0.319 bits per heavy atom. The summed E-state index contributed by atoms with van der Waals surface area (Å²) in [5.74, 6) is -0.871. The molecule has 0 aliphatic carbocycles. The summed E-state index contributed by atoms with van der Waals surface area (Å²) >= 11 is 0. The molecule has 0 atom stereocenters. The molecule has 10 rings (SSSR count). The molecule has 10 aromatic rings. The van der Waals surface area contributed by atoms with Crippen molar-refractivity contribution in [3.8, 4) is 56.3 Å². The number of hydrogen-bond donors (Lipinski definition) is 0. The van der Waals surface area contributed by atoms with Crippen LogP contribution in [0.25, 0.3) is 56.3 Å². The zero-order valence-electron chi connectivity index (χ0n) is 84.6. The Bertz CT molecular complexity index is 5300. The van der Waals surface area contributed by atoms with E-state index in [4.69, 9.17) is 34.3 Å². The van der Waals surface area contributed by atoms with Crippen LogP contribution in [0.3, 0.4) is 0 Å². The van der Waals surface area contributed by atoms with E-state index in [0.29, 0.717) is 57.6 Å². The molecule has 5 aromatic carbocycles. The first-order valence-electron chi connectivity index (χ1n) is 44.9. The van der Waals surface area contributed by atoms with E-state index in [1.165, 1.54) is 43.5 Å². The molecule has 0 aliphatic heterocycles. The number of benzene rings is 5. The molecule has 494 valence electrons. The van der Waals surface area contributed by atoms with E-state index in [1.807, 2.05) is 115 Å². The molecule has 0 fully saturated rings. The van der Waals surface area contributed by atoms with Crippen molar-refractivity contribution in [1.29, 1.82) is 0 Å². The maximum Gasteiger partial charge on any atom is 0.212 e. The van der Waals surface area contributed by atoms with E-state index in [1.54, 1.807) is 119 Å². The monoisotopic (exact) mass is 1280 g/mol. The number of aromatic nitrogens is 5. The fourth-order valence-electron chi connectivity index (χ4n) is 10.8. The first-order valence-corrected chi connectivity index (χ1v) is 32.4. The van der Waals surface area contributed by atoms with Gasteiger partial charge >= 0.3 is 0 Å². The van der Waals surface area contributed by atoms with Gasteiger partial charge in [0.15, 0.2) is 30.9 Å². The minimum absolute atomic E-state index is 0.0371. The maximum absolute atomic E-state index is 8.49. The number of pyridine rings is 5. The molecule has 0 aliphatic rings. The van der Waals surface area contributed by atoms with Crippen LogP contribution in [0, 0.1) is 92.6 Å². The standard InChI is InChI=1S/C19H26N.3C18H24N.C16H20N/c1-13(2)9-17-11-19(20(6)12-16(17)5)18-8-7-14(3)10-15(18)4;2*1-13(2)10-16-8-9-19(5)18(12-16)17-7-6-14(3)11-15(17)4;1-13(2)10-16-11-18(19(5)12-15(16)4)17-9-7-6-8-14(17)3;1-12(2)14-9-10-17(4)16(11-14)15-8-6-5-7-13(15)3/h7-8,10-13H,9H2,1-6H3;3*6-9,11-13H,10H2,1-5H3;5-12H,1-4H3/q5*+1/i3D3,5D3,9D2,12D;3D3,9D,10D2;9D,10D2;4D3,10D2,12D;10D. The summed E-state index contributed by atoms with van der Waals surface area (Å²) in [6, 6.07) is 45.8. The summed E-state index contributed by atoms with van der Waals surface area (Å²) < 4.78 is 209. The van der Waals surface area contributed by atoms with Crippen LogP contribution in [-0.4, -0.2) is 0 Å². The van der Waals surface area contributed by atoms with Crippen LogP contribution in [0.4, 0.5) is 0 Å². The molecule has 0 saturated carbocycles. The van der Waals surface area contributed by atoms with Crippen LogP contribution in [0.15, 0.2) is 183 Å². The molecule has 0 spiro atoms. The second-order valence-corrected chi connectivity index (χ2v) is 25.8. The normalized spacial score (nSPS) is 16.1. The smallest absolute Gasteiger partial charge is 0.201 e. The fraction of sp³-hybridized carbons (Fsp3) is 0.382. The van der Waals surface area contributed by atoms with Gasteiger partial charge in [0.2, 0.25) is 28.5 Å². The summed E-state index contributed by atoms with van der Waals surface area (Å²) in [6.07, 6.45) is -6.21. The van der Waals surface area contributed by atoms with E-state index in [-0.39, 0.29) is 63.7 Å². The second kappa shape index (κ2) is 34.8. The molecule has 0 unspecified atom stereocenters. The summed E-state index contributed by atoms with van der Waals surface area (Å²) in [6.45, 7) is 20.5. The highest BCUT2D eigenvalue weighted by Crippen LogP contribution is 2.29. The van der Waals surface area contributed by atoms with Crippen molar-refractivity contribution in [3.63, 3.8) is 0 Å². The lowest BCUT2D eigenvalue weighted by Gasteiger charge is -2.11. The quantitative estimate of drug-likeness (QED) is 0.0967. The Morgan fingerprint density at radius 2 is 0.649 bits per heavy atom. The third-order valence-corrected chi connectivity index (χ3v) is 15.6. The molecule has 5 aromatic heterocycles. The van der Waals surface area contributed by atoms with Gasteiger partial charge in [0, 0.05) is 115 Å². The van der Waals surface area contributed by atoms with E-state index in [2.05, 4.69) is 65.0 Å². The molecular formula is C89H118N5+5. The average Bonchev–Trinajstić information content (AvgIpc) is 0.747. The van der Waals surface area contributed by atoms with Gasteiger partial charge < -0.3 is 0 Å². The highest BCUT2D eigenvalue weighted by atomic mass is 14.9. The Morgan fingerprint density at radius 3 is 0.989 bits per heavy atom. The summed E-state index contributed by atoms with van der Waals surface area (Å²) in [4.78, 5) is 0. The van der Waals surface area contributed by atoms with Gasteiger partial charge in [0.05, 0.1) is 0 Å². The van der Waals surface area contributed by atoms with E-state index in [9.17, 15) is 0 Å². The van der Waals surface area contributed by atoms with Crippen LogP contribution in [0.1, 0.15) is 193 Å². The number of rotatable bonds is 14. The van der Waals surface area contributed by atoms with Crippen molar-refractivity contribution < 1.29 is 57.1 Å². The van der Waals surface area contributed by atoms with Crippen molar-refractivity contribution >= 4 is 0 Å². The summed E-state index contributed by atoms with van der Waals surface area (Å²) in [5.41, 5.74) is 16.5. The molecule has 0 bridgehead atoms. The zero-order valence-corrected chi connectivity index (χ0v) is 59.6. The Labute approximate surface area is 606 Å². The van der Waals surface area contributed by atoms with Gasteiger partial charge in [0.25, 0.3) is 0 Å². The second-order valence-electron chi connectivity index (χ2n) is 25.8.